The molecule has 2 heterocycles. The fourth-order valence-corrected chi connectivity index (χ4v) is 3.69. The van der Waals surface area contributed by atoms with Gasteiger partial charge in [-0.25, -0.2) is 9.78 Å². The molecule has 164 valence electrons. The molecule has 6 nitrogen and oxygen atoms in total. The Morgan fingerprint density at radius 3 is 2.50 bits per heavy atom. The lowest BCUT2D eigenvalue weighted by Gasteiger charge is -2.28. The van der Waals surface area contributed by atoms with Crippen LogP contribution >= 0.6 is 23.2 Å². The van der Waals surface area contributed by atoms with E-state index in [0.717, 1.165) is 11.1 Å². The monoisotopic (exact) mass is 468 g/mol. The predicted molar refractivity (Wildman–Crippen MR) is 127 cm³/mol. The Kier molecular flexibility index (Phi) is 6.09. The molecule has 8 heteroatoms. The number of benzene rings is 2. The van der Waals surface area contributed by atoms with Crippen LogP contribution in [0.4, 0.5) is 10.6 Å². The molecule has 0 atom stereocenters. The summed E-state index contributed by atoms with van der Waals surface area (Å²) in [7, 11) is 0. The third-order valence-corrected chi connectivity index (χ3v) is 5.23. The maximum Gasteiger partial charge on any atom is 0.416 e. The second-order valence-electron chi connectivity index (χ2n) is 8.27. The molecule has 0 aliphatic heterocycles. The van der Waals surface area contributed by atoms with E-state index in [9.17, 15) is 4.79 Å². The van der Waals surface area contributed by atoms with Gasteiger partial charge < -0.3 is 4.74 Å². The molecule has 1 amide bonds. The number of amides is 1. The number of nitrogens with zero attached hydrogens (tertiary/aromatic N) is 4. The molecule has 32 heavy (non-hydrogen) atoms. The largest absolute Gasteiger partial charge is 0.443 e. The van der Waals surface area contributed by atoms with Gasteiger partial charge in [-0.1, -0.05) is 59.6 Å². The van der Waals surface area contributed by atoms with Gasteiger partial charge in [0.1, 0.15) is 11.4 Å². The third-order valence-electron chi connectivity index (χ3n) is 4.64. The van der Waals surface area contributed by atoms with Crippen molar-refractivity contribution in [2.45, 2.75) is 32.9 Å². The number of anilines is 1. The number of fused-ring (bicyclic) bond motifs is 1. The number of carbonyl (C=O) groups excluding carboxylic acids is 1. The number of rotatable bonds is 4. The Hall–Kier alpha value is -3.09. The number of carbonyl (C=O) groups is 1. The summed E-state index contributed by atoms with van der Waals surface area (Å²) in [4.78, 5) is 19.5. The minimum atomic E-state index is -0.683. The first kappa shape index (κ1) is 22.1. The molecule has 0 N–H and O–H groups in total. The highest BCUT2D eigenvalue weighted by Crippen LogP contribution is 2.29. The zero-order chi connectivity index (χ0) is 22.9. The molecule has 0 spiro atoms. The Balaban J connectivity index is 1.86. The van der Waals surface area contributed by atoms with E-state index in [0.29, 0.717) is 27.2 Å². The molecular weight excluding hydrogens is 447 g/mol. The first-order chi connectivity index (χ1) is 15.2. The summed E-state index contributed by atoms with van der Waals surface area (Å²) < 4.78 is 7.33. The van der Waals surface area contributed by atoms with Gasteiger partial charge in [-0.15, -0.1) is 0 Å². The zero-order valence-electron chi connectivity index (χ0n) is 17.9. The molecular formula is C24H22Cl2N4O2. The topological polar surface area (TPSA) is 59.7 Å². The summed E-state index contributed by atoms with van der Waals surface area (Å²) in [6, 6.07) is 18.5. The van der Waals surface area contributed by atoms with Crippen LogP contribution in [0.1, 0.15) is 26.3 Å². The summed E-state index contributed by atoms with van der Waals surface area (Å²) in [6.07, 6.45) is 1.12. The van der Waals surface area contributed by atoms with E-state index in [2.05, 4.69) is 5.10 Å². The van der Waals surface area contributed by atoms with Crippen LogP contribution in [0.3, 0.4) is 0 Å². The van der Waals surface area contributed by atoms with Crippen LogP contribution in [0.25, 0.3) is 16.9 Å². The maximum atomic E-state index is 13.3. The Morgan fingerprint density at radius 1 is 1.06 bits per heavy atom. The number of halogens is 2. The second-order valence-corrected chi connectivity index (χ2v) is 9.11. The van der Waals surface area contributed by atoms with Crippen LogP contribution in [0, 0.1) is 0 Å². The standard InChI is InChI=1S/C24H22Cl2N4O2/c1-24(2,3)32-23(31)29(15-17-9-10-18(25)13-19(17)26)22-14-20(16-7-5-4-6-8-16)28-21-11-12-27-30(21)22/h4-14H,15H2,1-3H3. The SMILES string of the molecule is CC(C)(C)OC(=O)N(Cc1ccc(Cl)cc1Cl)c1cc(-c2ccccc2)nc2ccnn12. The zero-order valence-corrected chi connectivity index (χ0v) is 19.4. The van der Waals surface area contributed by atoms with Gasteiger partial charge in [-0.05, 0) is 38.5 Å². The van der Waals surface area contributed by atoms with E-state index < -0.39 is 11.7 Å². The number of hydrogen-bond acceptors (Lipinski definition) is 4. The van der Waals surface area contributed by atoms with E-state index in [-0.39, 0.29) is 6.54 Å². The summed E-state index contributed by atoms with van der Waals surface area (Å²) >= 11 is 12.5. The highest BCUT2D eigenvalue weighted by Gasteiger charge is 2.27. The van der Waals surface area contributed by atoms with Crippen molar-refractivity contribution in [3.05, 3.63) is 82.5 Å². The number of aromatic nitrogens is 3. The Labute approximate surface area is 196 Å². The Bertz CT molecular complexity index is 1270. The van der Waals surface area contributed by atoms with Gasteiger partial charge in [0, 0.05) is 27.7 Å². The molecule has 4 aromatic rings. The molecule has 0 aliphatic rings. The van der Waals surface area contributed by atoms with Gasteiger partial charge in [-0.3, -0.25) is 4.90 Å². The van der Waals surface area contributed by atoms with E-state index in [1.54, 1.807) is 35.0 Å². The van der Waals surface area contributed by atoms with Crippen molar-refractivity contribution in [1.82, 2.24) is 14.6 Å². The second kappa shape index (κ2) is 8.81. The van der Waals surface area contributed by atoms with Crippen LogP contribution in [0.2, 0.25) is 10.0 Å². The average molecular weight is 469 g/mol. The molecule has 0 bridgehead atoms. The number of hydrogen-bond donors (Lipinski definition) is 0. The van der Waals surface area contributed by atoms with Crippen LogP contribution in [0.15, 0.2) is 66.9 Å². The predicted octanol–water partition coefficient (Wildman–Crippen LogP) is 6.64. The van der Waals surface area contributed by atoms with Crippen molar-refractivity contribution >= 4 is 40.8 Å². The molecule has 0 saturated carbocycles. The lowest BCUT2D eigenvalue weighted by molar-refractivity contribution is 0.0575. The smallest absolute Gasteiger partial charge is 0.416 e. The van der Waals surface area contributed by atoms with Crippen molar-refractivity contribution < 1.29 is 9.53 Å². The fourth-order valence-electron chi connectivity index (χ4n) is 3.22. The lowest BCUT2D eigenvalue weighted by Crippen LogP contribution is -2.37. The van der Waals surface area contributed by atoms with E-state index in [1.165, 1.54) is 4.90 Å². The molecule has 2 aromatic carbocycles. The first-order valence-corrected chi connectivity index (χ1v) is 10.8. The van der Waals surface area contributed by atoms with Crippen LogP contribution in [-0.4, -0.2) is 26.3 Å². The van der Waals surface area contributed by atoms with Gasteiger partial charge in [0.05, 0.1) is 18.4 Å². The lowest BCUT2D eigenvalue weighted by atomic mass is 10.1. The molecule has 2 aromatic heterocycles. The van der Waals surface area contributed by atoms with E-state index >= 15 is 0 Å². The van der Waals surface area contributed by atoms with E-state index in [1.807, 2.05) is 57.2 Å². The normalized spacial score (nSPS) is 11.5. The van der Waals surface area contributed by atoms with Crippen LogP contribution < -0.4 is 4.90 Å². The maximum absolute atomic E-state index is 13.3. The molecule has 0 aliphatic carbocycles. The van der Waals surface area contributed by atoms with Crippen LogP contribution in [-0.2, 0) is 11.3 Å². The van der Waals surface area contributed by atoms with Crippen molar-refractivity contribution in [2.75, 3.05) is 4.90 Å². The summed E-state index contributed by atoms with van der Waals surface area (Å²) in [5.41, 5.74) is 2.28. The van der Waals surface area contributed by atoms with Crippen LogP contribution in [0.5, 0.6) is 0 Å². The minimum Gasteiger partial charge on any atom is -0.443 e. The summed E-state index contributed by atoms with van der Waals surface area (Å²) in [5.74, 6) is 0.513. The third kappa shape index (κ3) is 4.87. The highest BCUT2D eigenvalue weighted by atomic mass is 35.5. The summed E-state index contributed by atoms with van der Waals surface area (Å²) in [5, 5.41) is 5.36. The molecule has 0 fully saturated rings. The molecule has 0 saturated heterocycles. The first-order valence-electron chi connectivity index (χ1n) is 10.1. The highest BCUT2D eigenvalue weighted by molar-refractivity contribution is 6.35. The number of ether oxygens (including phenoxy) is 1. The minimum absolute atomic E-state index is 0.165. The fraction of sp³-hybridized carbons (Fsp3) is 0.208. The van der Waals surface area contributed by atoms with Gasteiger partial charge >= 0.3 is 6.09 Å². The molecule has 4 rings (SSSR count). The molecule has 0 unspecified atom stereocenters. The average Bonchev–Trinajstić information content (AvgIpc) is 3.21. The van der Waals surface area contributed by atoms with Gasteiger partial charge in [-0.2, -0.15) is 9.61 Å². The van der Waals surface area contributed by atoms with E-state index in [4.69, 9.17) is 32.9 Å². The Morgan fingerprint density at radius 2 is 1.81 bits per heavy atom. The molecule has 0 radical (unpaired) electrons. The van der Waals surface area contributed by atoms with Crippen molar-refractivity contribution in [3.63, 3.8) is 0 Å². The van der Waals surface area contributed by atoms with Gasteiger partial charge in [0.15, 0.2) is 5.65 Å². The summed E-state index contributed by atoms with van der Waals surface area (Å²) in [6.45, 7) is 5.63. The van der Waals surface area contributed by atoms with Crippen molar-refractivity contribution in [3.8, 4) is 11.3 Å². The van der Waals surface area contributed by atoms with Crippen molar-refractivity contribution in [1.29, 1.82) is 0 Å². The quantitative estimate of drug-likeness (QED) is 0.336. The van der Waals surface area contributed by atoms with Crippen molar-refractivity contribution in [2.24, 2.45) is 0 Å². The van der Waals surface area contributed by atoms with Gasteiger partial charge in [0.25, 0.3) is 0 Å². The van der Waals surface area contributed by atoms with Gasteiger partial charge in [0.2, 0.25) is 0 Å².